The number of ether oxygens (including phenoxy) is 1. The lowest BCUT2D eigenvalue weighted by Crippen LogP contribution is -2.20. The van der Waals surface area contributed by atoms with Crippen LogP contribution in [0.4, 0.5) is 5.69 Å². The van der Waals surface area contributed by atoms with Gasteiger partial charge in [0.05, 0.1) is 28.5 Å². The summed E-state index contributed by atoms with van der Waals surface area (Å²) in [5, 5.41) is 2.60. The van der Waals surface area contributed by atoms with Gasteiger partial charge in [0.1, 0.15) is 5.82 Å². The molecule has 4 rings (SSSR count). The highest BCUT2D eigenvalue weighted by Crippen LogP contribution is 2.20. The molecule has 0 fully saturated rings. The summed E-state index contributed by atoms with van der Waals surface area (Å²) in [5.74, 6) is -0.381. The molecule has 0 saturated heterocycles. The third kappa shape index (κ3) is 3.85. The summed E-state index contributed by atoms with van der Waals surface area (Å²) in [7, 11) is 0. The highest BCUT2D eigenvalue weighted by atomic mass is 16.5. The van der Waals surface area contributed by atoms with Crippen LogP contribution in [0.3, 0.4) is 0 Å². The fourth-order valence-corrected chi connectivity index (χ4v) is 2.62. The number of fused-ring (bicyclic) bond motifs is 1. The van der Waals surface area contributed by atoms with Gasteiger partial charge in [0.2, 0.25) is 0 Å². The van der Waals surface area contributed by atoms with Crippen molar-refractivity contribution in [3.8, 4) is 11.4 Å². The lowest BCUT2D eigenvalue weighted by atomic mass is 10.2. The SMILES string of the molecule is O=C(COC(=O)c1ccc2nc(-c3cccnc3)[nH]c2c1)Nc1cccnc1. The minimum absolute atomic E-state index is 0.322. The van der Waals surface area contributed by atoms with Crippen LogP contribution in [-0.4, -0.2) is 38.4 Å². The molecule has 28 heavy (non-hydrogen) atoms. The van der Waals surface area contributed by atoms with Crippen LogP contribution in [0.1, 0.15) is 10.4 Å². The van der Waals surface area contributed by atoms with Crippen molar-refractivity contribution in [3.05, 3.63) is 72.8 Å². The Bertz CT molecular complexity index is 1130. The number of aromatic amines is 1. The molecular formula is C20H15N5O3. The molecule has 3 heterocycles. The number of hydrogen-bond donors (Lipinski definition) is 2. The van der Waals surface area contributed by atoms with Gasteiger partial charge >= 0.3 is 5.97 Å². The molecule has 1 aromatic carbocycles. The van der Waals surface area contributed by atoms with E-state index < -0.39 is 18.5 Å². The first-order chi connectivity index (χ1) is 13.7. The summed E-state index contributed by atoms with van der Waals surface area (Å²) in [6, 6.07) is 12.1. The molecule has 0 unspecified atom stereocenters. The molecule has 8 heteroatoms. The average molecular weight is 373 g/mol. The smallest absolute Gasteiger partial charge is 0.338 e. The van der Waals surface area contributed by atoms with Crippen LogP contribution in [0.25, 0.3) is 22.4 Å². The fraction of sp³-hybridized carbons (Fsp3) is 0.0500. The number of nitrogens with one attached hydrogen (secondary N) is 2. The van der Waals surface area contributed by atoms with E-state index in [2.05, 4.69) is 25.3 Å². The van der Waals surface area contributed by atoms with Crippen molar-refractivity contribution in [2.24, 2.45) is 0 Å². The molecule has 0 aliphatic rings. The Labute approximate surface area is 159 Å². The normalized spacial score (nSPS) is 10.6. The number of pyridine rings is 2. The standard InChI is InChI=1S/C20H15N5O3/c26-18(23-15-4-2-8-22-11-15)12-28-20(27)13-5-6-16-17(9-13)25-19(24-16)14-3-1-7-21-10-14/h1-11H,12H2,(H,23,26)(H,24,25). The van der Waals surface area contributed by atoms with Gasteiger partial charge in [0, 0.05) is 24.2 Å². The maximum Gasteiger partial charge on any atom is 0.338 e. The number of amides is 1. The number of aromatic nitrogens is 4. The molecule has 0 spiro atoms. The van der Waals surface area contributed by atoms with E-state index in [1.807, 2.05) is 12.1 Å². The van der Waals surface area contributed by atoms with Crippen molar-refractivity contribution in [2.45, 2.75) is 0 Å². The van der Waals surface area contributed by atoms with E-state index >= 15 is 0 Å². The summed E-state index contributed by atoms with van der Waals surface area (Å²) < 4.78 is 5.09. The largest absolute Gasteiger partial charge is 0.452 e. The van der Waals surface area contributed by atoms with Crippen LogP contribution >= 0.6 is 0 Å². The molecule has 0 bridgehead atoms. The van der Waals surface area contributed by atoms with Crippen LogP contribution < -0.4 is 5.32 Å². The Hall–Kier alpha value is -4.07. The Morgan fingerprint density at radius 3 is 2.61 bits per heavy atom. The van der Waals surface area contributed by atoms with E-state index in [-0.39, 0.29) is 0 Å². The van der Waals surface area contributed by atoms with Crippen molar-refractivity contribution in [1.82, 2.24) is 19.9 Å². The lowest BCUT2D eigenvalue weighted by Gasteiger charge is -2.06. The minimum Gasteiger partial charge on any atom is -0.452 e. The van der Waals surface area contributed by atoms with Crippen molar-refractivity contribution in [2.75, 3.05) is 11.9 Å². The van der Waals surface area contributed by atoms with Crippen LogP contribution in [0.15, 0.2) is 67.3 Å². The van der Waals surface area contributed by atoms with Crippen molar-refractivity contribution >= 4 is 28.6 Å². The van der Waals surface area contributed by atoms with Gasteiger partial charge in [0.25, 0.3) is 5.91 Å². The van der Waals surface area contributed by atoms with Crippen LogP contribution in [0.2, 0.25) is 0 Å². The lowest BCUT2D eigenvalue weighted by molar-refractivity contribution is -0.119. The summed E-state index contributed by atoms with van der Waals surface area (Å²) in [5.41, 5.74) is 3.10. The highest BCUT2D eigenvalue weighted by molar-refractivity contribution is 5.97. The van der Waals surface area contributed by atoms with E-state index in [4.69, 9.17) is 4.74 Å². The molecular weight excluding hydrogens is 358 g/mol. The van der Waals surface area contributed by atoms with Crippen molar-refractivity contribution in [1.29, 1.82) is 0 Å². The molecule has 4 aromatic rings. The average Bonchev–Trinajstić information content (AvgIpc) is 3.17. The van der Waals surface area contributed by atoms with Crippen molar-refractivity contribution in [3.63, 3.8) is 0 Å². The molecule has 1 amide bonds. The maximum absolute atomic E-state index is 12.3. The second kappa shape index (κ2) is 7.67. The Balaban J connectivity index is 1.43. The maximum atomic E-state index is 12.3. The zero-order valence-corrected chi connectivity index (χ0v) is 14.6. The van der Waals surface area contributed by atoms with Crippen LogP contribution in [-0.2, 0) is 9.53 Å². The Morgan fingerprint density at radius 2 is 1.86 bits per heavy atom. The van der Waals surface area contributed by atoms with E-state index in [0.29, 0.717) is 28.1 Å². The van der Waals surface area contributed by atoms with E-state index in [0.717, 1.165) is 5.56 Å². The number of anilines is 1. The Morgan fingerprint density at radius 1 is 1.04 bits per heavy atom. The summed E-state index contributed by atoms with van der Waals surface area (Å²) >= 11 is 0. The number of hydrogen-bond acceptors (Lipinski definition) is 6. The second-order valence-corrected chi connectivity index (χ2v) is 5.93. The third-order valence-corrected chi connectivity index (χ3v) is 3.93. The van der Waals surface area contributed by atoms with Gasteiger partial charge in [-0.2, -0.15) is 0 Å². The number of nitrogens with zero attached hydrogens (tertiary/aromatic N) is 3. The molecule has 2 N–H and O–H groups in total. The molecule has 138 valence electrons. The molecule has 0 atom stereocenters. The number of rotatable bonds is 5. The first-order valence-electron chi connectivity index (χ1n) is 8.46. The highest BCUT2D eigenvalue weighted by Gasteiger charge is 2.13. The molecule has 0 aliphatic carbocycles. The van der Waals surface area contributed by atoms with Gasteiger partial charge in [-0.1, -0.05) is 0 Å². The van der Waals surface area contributed by atoms with Gasteiger partial charge in [-0.25, -0.2) is 9.78 Å². The number of carbonyl (C=O) groups excluding carboxylic acids is 2. The van der Waals surface area contributed by atoms with E-state index in [1.165, 1.54) is 6.20 Å². The minimum atomic E-state index is -0.597. The zero-order valence-electron chi connectivity index (χ0n) is 14.6. The number of carbonyl (C=O) groups is 2. The first-order valence-corrected chi connectivity index (χ1v) is 8.46. The monoisotopic (exact) mass is 373 g/mol. The van der Waals surface area contributed by atoms with E-state index in [1.54, 1.807) is 48.9 Å². The predicted molar refractivity (Wildman–Crippen MR) is 102 cm³/mol. The molecule has 3 aromatic heterocycles. The quantitative estimate of drug-likeness (QED) is 0.521. The summed E-state index contributed by atoms with van der Waals surface area (Å²) in [6.07, 6.45) is 6.49. The molecule has 0 saturated carbocycles. The van der Waals surface area contributed by atoms with Gasteiger partial charge in [-0.05, 0) is 42.5 Å². The topological polar surface area (TPSA) is 110 Å². The third-order valence-electron chi connectivity index (χ3n) is 3.93. The summed E-state index contributed by atoms with van der Waals surface area (Å²) in [4.78, 5) is 39.8. The predicted octanol–water partition coefficient (Wildman–Crippen LogP) is 2.82. The van der Waals surface area contributed by atoms with Gasteiger partial charge in [-0.3, -0.25) is 14.8 Å². The fourth-order valence-electron chi connectivity index (χ4n) is 2.62. The molecule has 0 radical (unpaired) electrons. The Kier molecular flexibility index (Phi) is 4.75. The number of imidazole rings is 1. The zero-order chi connectivity index (χ0) is 19.3. The van der Waals surface area contributed by atoms with E-state index in [9.17, 15) is 9.59 Å². The number of benzene rings is 1. The van der Waals surface area contributed by atoms with Crippen LogP contribution in [0, 0.1) is 0 Å². The number of esters is 1. The van der Waals surface area contributed by atoms with Crippen LogP contribution in [0.5, 0.6) is 0 Å². The van der Waals surface area contributed by atoms with Gasteiger partial charge in [-0.15, -0.1) is 0 Å². The molecule has 8 nitrogen and oxygen atoms in total. The summed E-state index contributed by atoms with van der Waals surface area (Å²) in [6.45, 7) is -0.393. The second-order valence-electron chi connectivity index (χ2n) is 5.93. The first kappa shape index (κ1) is 17.3. The van der Waals surface area contributed by atoms with Gasteiger partial charge < -0.3 is 15.0 Å². The number of H-pyrrole nitrogens is 1. The van der Waals surface area contributed by atoms with Gasteiger partial charge in [0.15, 0.2) is 6.61 Å². The van der Waals surface area contributed by atoms with Crippen molar-refractivity contribution < 1.29 is 14.3 Å². The molecule has 0 aliphatic heterocycles.